The smallest absolute Gasteiger partial charge is 0.274 e. The van der Waals surface area contributed by atoms with E-state index in [0.29, 0.717) is 29.2 Å². The fourth-order valence-corrected chi connectivity index (χ4v) is 3.30. The summed E-state index contributed by atoms with van der Waals surface area (Å²) in [4.78, 5) is 23.4. The average molecular weight is 494 g/mol. The summed E-state index contributed by atoms with van der Waals surface area (Å²) in [5.74, 6) is 0.0416. The molecule has 0 aliphatic rings. The van der Waals surface area contributed by atoms with Crippen LogP contribution in [0.4, 0.5) is 11.4 Å². The molecule has 0 saturated carbocycles. The number of anilines is 1. The molecule has 0 radical (unpaired) electrons. The summed E-state index contributed by atoms with van der Waals surface area (Å²) in [6.45, 7) is 4.32. The normalized spacial score (nSPS) is 10.4. The SMILES string of the molecule is CCCCCCOc1ccc(Br)cc1C(=O)NC(=S)Nc1ccc(C)c([N+](=O)[O-])c1. The van der Waals surface area contributed by atoms with E-state index < -0.39 is 10.8 Å². The van der Waals surface area contributed by atoms with Crippen LogP contribution in [0.2, 0.25) is 0 Å². The van der Waals surface area contributed by atoms with Gasteiger partial charge in [0.05, 0.1) is 17.1 Å². The number of carbonyl (C=O) groups excluding carboxylic acids is 1. The lowest BCUT2D eigenvalue weighted by Crippen LogP contribution is -2.34. The first-order valence-corrected chi connectivity index (χ1v) is 10.8. The molecule has 2 rings (SSSR count). The van der Waals surface area contributed by atoms with Crippen LogP contribution in [0.5, 0.6) is 5.75 Å². The number of amides is 1. The molecule has 0 spiro atoms. The first kappa shape index (κ1) is 23.8. The molecule has 0 saturated heterocycles. The third kappa shape index (κ3) is 7.07. The highest BCUT2D eigenvalue weighted by molar-refractivity contribution is 9.10. The van der Waals surface area contributed by atoms with Crippen LogP contribution < -0.4 is 15.4 Å². The number of halogens is 1. The highest BCUT2D eigenvalue weighted by Crippen LogP contribution is 2.24. The summed E-state index contributed by atoms with van der Waals surface area (Å²) < 4.78 is 6.53. The van der Waals surface area contributed by atoms with Crippen LogP contribution in [0.1, 0.15) is 48.5 Å². The molecule has 0 heterocycles. The van der Waals surface area contributed by atoms with Gasteiger partial charge in [0.1, 0.15) is 5.75 Å². The Balaban J connectivity index is 2.04. The van der Waals surface area contributed by atoms with Gasteiger partial charge in [-0.05, 0) is 49.8 Å². The van der Waals surface area contributed by atoms with Crippen LogP contribution in [0.15, 0.2) is 40.9 Å². The van der Waals surface area contributed by atoms with Crippen molar-refractivity contribution in [2.24, 2.45) is 0 Å². The van der Waals surface area contributed by atoms with Crippen molar-refractivity contribution in [2.75, 3.05) is 11.9 Å². The Bertz CT molecular complexity index is 936. The molecule has 0 aromatic heterocycles. The van der Waals surface area contributed by atoms with Gasteiger partial charge in [0.15, 0.2) is 5.11 Å². The van der Waals surface area contributed by atoms with Crippen LogP contribution in [0, 0.1) is 17.0 Å². The largest absolute Gasteiger partial charge is 0.493 e. The highest BCUT2D eigenvalue weighted by Gasteiger charge is 2.16. The Hall–Kier alpha value is -2.52. The molecule has 7 nitrogen and oxygen atoms in total. The third-order valence-electron chi connectivity index (χ3n) is 4.33. The fourth-order valence-electron chi connectivity index (χ4n) is 2.73. The number of thiocarbonyl (C=S) groups is 1. The number of benzene rings is 2. The van der Waals surface area contributed by atoms with E-state index in [9.17, 15) is 14.9 Å². The van der Waals surface area contributed by atoms with E-state index in [1.54, 1.807) is 37.3 Å². The summed E-state index contributed by atoms with van der Waals surface area (Å²) in [5.41, 5.74) is 1.27. The standard InChI is InChI=1S/C21H24BrN3O4S/c1-3-4-5-6-11-29-19-10-8-15(22)12-17(19)20(26)24-21(30)23-16-9-7-14(2)18(13-16)25(27)28/h7-10,12-13H,3-6,11H2,1-2H3,(H2,23,24,26,30). The van der Waals surface area contributed by atoms with Gasteiger partial charge in [-0.15, -0.1) is 0 Å². The van der Waals surface area contributed by atoms with E-state index in [-0.39, 0.29) is 10.8 Å². The van der Waals surface area contributed by atoms with Gasteiger partial charge in [-0.25, -0.2) is 0 Å². The number of nitro groups is 1. The number of hydrogen-bond donors (Lipinski definition) is 2. The zero-order valence-electron chi connectivity index (χ0n) is 16.9. The van der Waals surface area contributed by atoms with Crippen molar-refractivity contribution in [1.29, 1.82) is 0 Å². The number of unbranched alkanes of at least 4 members (excludes halogenated alkanes) is 3. The highest BCUT2D eigenvalue weighted by atomic mass is 79.9. The van der Waals surface area contributed by atoms with Gasteiger partial charge in [-0.2, -0.15) is 0 Å². The molecule has 0 aliphatic carbocycles. The predicted octanol–water partition coefficient (Wildman–Crippen LogP) is 5.75. The lowest BCUT2D eigenvalue weighted by atomic mass is 10.2. The van der Waals surface area contributed by atoms with Gasteiger partial charge in [0.2, 0.25) is 0 Å². The van der Waals surface area contributed by atoms with Crippen LogP contribution in [0.3, 0.4) is 0 Å². The zero-order chi connectivity index (χ0) is 22.1. The zero-order valence-corrected chi connectivity index (χ0v) is 19.3. The van der Waals surface area contributed by atoms with E-state index in [0.717, 1.165) is 30.2 Å². The number of aryl methyl sites for hydroxylation is 1. The van der Waals surface area contributed by atoms with E-state index in [1.165, 1.54) is 6.07 Å². The Morgan fingerprint density at radius 3 is 2.67 bits per heavy atom. The minimum atomic E-state index is -0.465. The number of nitrogens with one attached hydrogen (secondary N) is 2. The number of ether oxygens (including phenoxy) is 1. The molecule has 160 valence electrons. The number of rotatable bonds is 9. The summed E-state index contributed by atoms with van der Waals surface area (Å²) in [5, 5.41) is 16.5. The number of nitro benzene ring substituents is 1. The Labute approximate surface area is 189 Å². The Morgan fingerprint density at radius 1 is 1.20 bits per heavy atom. The van der Waals surface area contributed by atoms with Crippen LogP contribution in [-0.2, 0) is 0 Å². The lowest BCUT2D eigenvalue weighted by Gasteiger charge is -2.14. The quantitative estimate of drug-likeness (QED) is 0.200. The third-order valence-corrected chi connectivity index (χ3v) is 5.03. The fraction of sp³-hybridized carbons (Fsp3) is 0.333. The van der Waals surface area contributed by atoms with Crippen molar-refractivity contribution >= 4 is 50.5 Å². The molecular weight excluding hydrogens is 470 g/mol. The van der Waals surface area contributed by atoms with E-state index >= 15 is 0 Å². The topological polar surface area (TPSA) is 93.5 Å². The van der Waals surface area contributed by atoms with Crippen molar-refractivity contribution in [3.05, 3.63) is 62.1 Å². The second-order valence-electron chi connectivity index (χ2n) is 6.72. The van der Waals surface area contributed by atoms with E-state index in [2.05, 4.69) is 33.5 Å². The predicted molar refractivity (Wildman–Crippen MR) is 125 cm³/mol. The molecule has 0 aliphatic heterocycles. The molecule has 2 N–H and O–H groups in total. The van der Waals surface area contributed by atoms with Gasteiger partial charge in [-0.3, -0.25) is 20.2 Å². The maximum absolute atomic E-state index is 12.7. The van der Waals surface area contributed by atoms with Crippen molar-refractivity contribution in [3.63, 3.8) is 0 Å². The molecule has 0 atom stereocenters. The maximum Gasteiger partial charge on any atom is 0.274 e. The molecular formula is C21H24BrN3O4S. The average Bonchev–Trinajstić information content (AvgIpc) is 2.69. The van der Waals surface area contributed by atoms with Gasteiger partial charge in [0, 0.05) is 21.8 Å². The van der Waals surface area contributed by atoms with Gasteiger partial charge in [0.25, 0.3) is 11.6 Å². The first-order chi connectivity index (χ1) is 14.3. The van der Waals surface area contributed by atoms with Crippen LogP contribution >= 0.6 is 28.1 Å². The van der Waals surface area contributed by atoms with Gasteiger partial charge < -0.3 is 10.1 Å². The molecule has 0 fully saturated rings. The second kappa shape index (κ2) is 11.6. The molecule has 0 unspecified atom stereocenters. The molecule has 2 aromatic rings. The van der Waals surface area contributed by atoms with Crippen molar-refractivity contribution in [3.8, 4) is 5.75 Å². The maximum atomic E-state index is 12.7. The molecule has 0 bridgehead atoms. The van der Waals surface area contributed by atoms with Crippen LogP contribution in [0.25, 0.3) is 0 Å². The van der Waals surface area contributed by atoms with E-state index in [4.69, 9.17) is 17.0 Å². The molecule has 1 amide bonds. The minimum Gasteiger partial charge on any atom is -0.493 e. The summed E-state index contributed by atoms with van der Waals surface area (Å²) >= 11 is 8.57. The second-order valence-corrected chi connectivity index (χ2v) is 8.04. The van der Waals surface area contributed by atoms with Crippen molar-refractivity contribution in [2.45, 2.75) is 39.5 Å². The first-order valence-electron chi connectivity index (χ1n) is 9.61. The van der Waals surface area contributed by atoms with Gasteiger partial charge in [-0.1, -0.05) is 48.2 Å². The minimum absolute atomic E-state index is 0.0279. The van der Waals surface area contributed by atoms with Crippen molar-refractivity contribution in [1.82, 2.24) is 5.32 Å². The Morgan fingerprint density at radius 2 is 1.97 bits per heavy atom. The van der Waals surface area contributed by atoms with Crippen LogP contribution in [-0.4, -0.2) is 22.5 Å². The molecule has 9 heteroatoms. The number of hydrogen-bond acceptors (Lipinski definition) is 5. The monoisotopic (exact) mass is 493 g/mol. The van der Waals surface area contributed by atoms with Gasteiger partial charge >= 0.3 is 0 Å². The number of nitrogens with zero attached hydrogens (tertiary/aromatic N) is 1. The summed E-state index contributed by atoms with van der Waals surface area (Å²) in [6, 6.07) is 9.85. The molecule has 2 aromatic carbocycles. The Kier molecular flexibility index (Phi) is 9.19. The number of carbonyl (C=O) groups is 1. The lowest BCUT2D eigenvalue weighted by molar-refractivity contribution is -0.385. The summed E-state index contributed by atoms with van der Waals surface area (Å²) in [7, 11) is 0. The van der Waals surface area contributed by atoms with Crippen molar-refractivity contribution < 1.29 is 14.5 Å². The summed E-state index contributed by atoms with van der Waals surface area (Å²) in [6.07, 6.45) is 4.27. The molecule has 30 heavy (non-hydrogen) atoms. The van der Waals surface area contributed by atoms with E-state index in [1.807, 2.05) is 0 Å².